The molecular weight excluding hydrogens is 152 g/mol. The minimum Gasteiger partial charge on any atom is -0.491 e. The molecule has 12 heavy (non-hydrogen) atoms. The minimum atomic E-state index is 0.504. The number of hydrogen-bond acceptors (Lipinski definition) is 3. The highest BCUT2D eigenvalue weighted by atomic mass is 16.5. The van der Waals surface area contributed by atoms with E-state index in [0.717, 1.165) is 0 Å². The van der Waals surface area contributed by atoms with E-state index in [1.54, 1.807) is 6.08 Å². The third-order valence-corrected chi connectivity index (χ3v) is 1.61. The summed E-state index contributed by atoms with van der Waals surface area (Å²) in [6, 6.07) is 0. The molecule has 1 rings (SSSR count). The van der Waals surface area contributed by atoms with Crippen molar-refractivity contribution < 1.29 is 4.74 Å². The van der Waals surface area contributed by atoms with Gasteiger partial charge in [-0.2, -0.15) is 0 Å². The first kappa shape index (κ1) is 8.71. The molecule has 64 valence electrons. The maximum absolute atomic E-state index is 7.55. The number of ether oxygens (including phenoxy) is 1. The van der Waals surface area contributed by atoms with E-state index in [9.17, 15) is 0 Å². The Balaban J connectivity index is 3.01. The van der Waals surface area contributed by atoms with E-state index < -0.39 is 0 Å². The van der Waals surface area contributed by atoms with Crippen LogP contribution in [0.3, 0.4) is 0 Å². The summed E-state index contributed by atoms with van der Waals surface area (Å²) in [6.45, 7) is 5.87. The summed E-state index contributed by atoms with van der Waals surface area (Å²) in [5.74, 6) is 0.656. The lowest BCUT2D eigenvalue weighted by Crippen LogP contribution is -2.14. The molecule has 3 heteroatoms. The number of allylic oxidation sites excluding steroid dienone is 3. The molecule has 0 saturated carbocycles. The van der Waals surface area contributed by atoms with Gasteiger partial charge in [-0.15, -0.1) is 0 Å². The molecule has 0 radical (unpaired) electrons. The fourth-order valence-corrected chi connectivity index (χ4v) is 1.05. The molecule has 0 amide bonds. The Labute approximate surface area is 72.0 Å². The predicted octanol–water partition coefficient (Wildman–Crippen LogP) is 1.91. The zero-order valence-corrected chi connectivity index (χ0v) is 7.13. The lowest BCUT2D eigenvalue weighted by molar-refractivity contribution is 0.224. The Morgan fingerprint density at radius 2 is 2.42 bits per heavy atom. The summed E-state index contributed by atoms with van der Waals surface area (Å²) >= 11 is 0. The van der Waals surface area contributed by atoms with E-state index in [1.807, 2.05) is 13.0 Å². The molecule has 3 nitrogen and oxygen atoms in total. The molecule has 0 aromatic carbocycles. The van der Waals surface area contributed by atoms with Gasteiger partial charge >= 0.3 is 0 Å². The summed E-state index contributed by atoms with van der Waals surface area (Å²) < 4.78 is 5.31. The quantitative estimate of drug-likeness (QED) is 0.622. The molecule has 0 unspecified atom stereocenters. The van der Waals surface area contributed by atoms with Crippen molar-refractivity contribution in [3.05, 3.63) is 23.6 Å². The van der Waals surface area contributed by atoms with Crippen molar-refractivity contribution >= 4 is 12.4 Å². The maximum Gasteiger partial charge on any atom is 0.146 e. The van der Waals surface area contributed by atoms with Crippen LogP contribution in [-0.4, -0.2) is 19.0 Å². The molecule has 0 spiro atoms. The maximum atomic E-state index is 7.55. The van der Waals surface area contributed by atoms with E-state index in [2.05, 4.69) is 11.7 Å². The molecule has 1 N–H and O–H groups in total. The Morgan fingerprint density at radius 3 is 3.00 bits per heavy atom. The smallest absolute Gasteiger partial charge is 0.146 e. The molecular formula is C9H12N2O. The minimum absolute atomic E-state index is 0.504. The van der Waals surface area contributed by atoms with Gasteiger partial charge in [0.05, 0.1) is 12.3 Å². The Hall–Kier alpha value is -1.38. The monoisotopic (exact) mass is 164 g/mol. The second-order valence-corrected chi connectivity index (χ2v) is 2.45. The molecule has 0 bridgehead atoms. The fraction of sp³-hybridized carbons (Fsp3) is 0.333. The van der Waals surface area contributed by atoms with Gasteiger partial charge < -0.3 is 10.1 Å². The van der Waals surface area contributed by atoms with Crippen LogP contribution >= 0.6 is 0 Å². The highest BCUT2D eigenvalue weighted by Gasteiger charge is 2.15. The first-order valence-corrected chi connectivity index (χ1v) is 3.84. The van der Waals surface area contributed by atoms with E-state index >= 15 is 0 Å². The lowest BCUT2D eigenvalue weighted by Gasteiger charge is -2.16. The third kappa shape index (κ3) is 1.61. The number of hydrogen-bond donors (Lipinski definition) is 1. The Kier molecular flexibility index (Phi) is 2.80. The van der Waals surface area contributed by atoms with Crippen molar-refractivity contribution in [3.63, 3.8) is 0 Å². The van der Waals surface area contributed by atoms with Crippen molar-refractivity contribution in [2.24, 2.45) is 4.99 Å². The van der Waals surface area contributed by atoms with Crippen molar-refractivity contribution in [3.8, 4) is 0 Å². The number of rotatable bonds is 2. The van der Waals surface area contributed by atoms with E-state index in [0.29, 0.717) is 30.2 Å². The van der Waals surface area contributed by atoms with Gasteiger partial charge in [-0.1, -0.05) is 6.08 Å². The van der Waals surface area contributed by atoms with Gasteiger partial charge in [-0.05, 0) is 19.7 Å². The van der Waals surface area contributed by atoms with E-state index in [4.69, 9.17) is 10.1 Å². The summed E-state index contributed by atoms with van der Waals surface area (Å²) in [5.41, 5.74) is 1.07. The average molecular weight is 164 g/mol. The van der Waals surface area contributed by atoms with Gasteiger partial charge in [0.15, 0.2) is 0 Å². The van der Waals surface area contributed by atoms with Crippen molar-refractivity contribution in [1.29, 1.82) is 5.41 Å². The van der Waals surface area contributed by atoms with Crippen LogP contribution in [0.2, 0.25) is 0 Å². The number of aliphatic imine (C=N–C) groups is 1. The predicted molar refractivity (Wildman–Crippen MR) is 49.7 cm³/mol. The second-order valence-electron chi connectivity index (χ2n) is 2.45. The van der Waals surface area contributed by atoms with Crippen LogP contribution in [0.25, 0.3) is 0 Å². The van der Waals surface area contributed by atoms with Gasteiger partial charge in [0, 0.05) is 6.42 Å². The molecule has 0 aromatic heterocycles. The van der Waals surface area contributed by atoms with Gasteiger partial charge in [0.2, 0.25) is 0 Å². The van der Waals surface area contributed by atoms with Crippen LogP contribution in [0.1, 0.15) is 13.3 Å². The highest BCUT2D eigenvalue weighted by molar-refractivity contribution is 5.99. The van der Waals surface area contributed by atoms with Crippen LogP contribution in [0.5, 0.6) is 0 Å². The van der Waals surface area contributed by atoms with Gasteiger partial charge in [-0.25, -0.2) is 0 Å². The zero-order valence-electron chi connectivity index (χ0n) is 7.13. The second kappa shape index (κ2) is 3.85. The first-order chi connectivity index (χ1) is 5.79. The molecule has 0 atom stereocenters. The molecule has 1 aliphatic rings. The van der Waals surface area contributed by atoms with Gasteiger partial charge in [0.1, 0.15) is 11.5 Å². The highest BCUT2D eigenvalue weighted by Crippen LogP contribution is 2.17. The van der Waals surface area contributed by atoms with Crippen molar-refractivity contribution in [2.45, 2.75) is 13.3 Å². The molecule has 1 heterocycles. The van der Waals surface area contributed by atoms with Crippen LogP contribution in [0.15, 0.2) is 28.6 Å². The van der Waals surface area contributed by atoms with Gasteiger partial charge in [0.25, 0.3) is 0 Å². The van der Waals surface area contributed by atoms with E-state index in [-0.39, 0.29) is 0 Å². The molecule has 0 aromatic rings. The summed E-state index contributed by atoms with van der Waals surface area (Å²) in [5, 5.41) is 7.55. The number of nitrogens with one attached hydrogen (secondary N) is 1. The topological polar surface area (TPSA) is 45.4 Å². The Bertz CT molecular complexity index is 264. The fourth-order valence-electron chi connectivity index (χ4n) is 1.05. The standard InChI is InChI=1S/C9H12N2O/c1-3-4-8-9(11-2)7(10)5-6-12-8/h3-4,10H,2,5-6H2,1H3/b4-3-,10-7?. The number of nitrogens with zero attached hydrogens (tertiary/aromatic N) is 1. The zero-order chi connectivity index (χ0) is 8.97. The van der Waals surface area contributed by atoms with Crippen LogP contribution < -0.4 is 0 Å². The first-order valence-electron chi connectivity index (χ1n) is 3.84. The van der Waals surface area contributed by atoms with Crippen LogP contribution in [0, 0.1) is 5.41 Å². The molecule has 0 aliphatic carbocycles. The lowest BCUT2D eigenvalue weighted by atomic mass is 10.1. The molecule has 0 saturated heterocycles. The van der Waals surface area contributed by atoms with Crippen LogP contribution in [0.4, 0.5) is 0 Å². The van der Waals surface area contributed by atoms with Crippen LogP contribution in [-0.2, 0) is 4.74 Å². The third-order valence-electron chi connectivity index (χ3n) is 1.61. The normalized spacial score (nSPS) is 18.2. The summed E-state index contributed by atoms with van der Waals surface area (Å²) in [7, 11) is 0. The molecule has 0 fully saturated rings. The SMILES string of the molecule is C=NC1=C(/C=C\C)OCCC1=N. The summed E-state index contributed by atoms with van der Waals surface area (Å²) in [6.07, 6.45) is 4.28. The largest absolute Gasteiger partial charge is 0.491 e. The van der Waals surface area contributed by atoms with E-state index in [1.165, 1.54) is 0 Å². The van der Waals surface area contributed by atoms with Crippen molar-refractivity contribution in [1.82, 2.24) is 0 Å². The van der Waals surface area contributed by atoms with Gasteiger partial charge in [-0.3, -0.25) is 4.99 Å². The Morgan fingerprint density at radius 1 is 1.67 bits per heavy atom. The van der Waals surface area contributed by atoms with Crippen molar-refractivity contribution in [2.75, 3.05) is 6.61 Å². The average Bonchev–Trinajstić information content (AvgIpc) is 2.05. The molecule has 1 aliphatic heterocycles. The summed E-state index contributed by atoms with van der Waals surface area (Å²) in [4.78, 5) is 3.76.